The van der Waals surface area contributed by atoms with Crippen LogP contribution in [0, 0.1) is 0 Å². The molecule has 0 saturated carbocycles. The quantitative estimate of drug-likeness (QED) is 0.808. The monoisotopic (exact) mass is 237 g/mol. The molecule has 3 N–H and O–H groups in total. The predicted molar refractivity (Wildman–Crippen MR) is 65.6 cm³/mol. The molecule has 17 heavy (non-hydrogen) atoms. The maximum absolute atomic E-state index is 5.91. The van der Waals surface area contributed by atoms with Gasteiger partial charge in [-0.15, -0.1) is 0 Å². The molecule has 1 aromatic heterocycles. The molecule has 94 valence electrons. The van der Waals surface area contributed by atoms with Crippen LogP contribution < -0.4 is 11.1 Å². The zero-order valence-electron chi connectivity index (χ0n) is 10.1. The third kappa shape index (κ3) is 2.94. The summed E-state index contributed by atoms with van der Waals surface area (Å²) < 4.78 is 11.2. The minimum atomic E-state index is -0.00444. The lowest BCUT2D eigenvalue weighted by Crippen LogP contribution is -2.41. The summed E-state index contributed by atoms with van der Waals surface area (Å²) in [5.41, 5.74) is 6.89. The van der Waals surface area contributed by atoms with Crippen molar-refractivity contribution in [2.75, 3.05) is 32.1 Å². The van der Waals surface area contributed by atoms with Crippen LogP contribution >= 0.6 is 0 Å². The minimum absolute atomic E-state index is 0.00444. The standard InChI is InChI=1S/C12H19N3O2/c1-2-14-11(10-8-16-6-7-17-10)9-4-3-5-15-12(9)13/h3-5,10-11,14H,2,6-8H2,1H3,(H2,13,15). The van der Waals surface area contributed by atoms with Gasteiger partial charge in [-0.3, -0.25) is 0 Å². The predicted octanol–water partition coefficient (Wildman–Crippen LogP) is 0.730. The summed E-state index contributed by atoms with van der Waals surface area (Å²) >= 11 is 0. The Balaban J connectivity index is 2.18. The van der Waals surface area contributed by atoms with Gasteiger partial charge in [-0.05, 0) is 12.6 Å². The van der Waals surface area contributed by atoms with E-state index in [4.69, 9.17) is 15.2 Å². The molecule has 1 saturated heterocycles. The van der Waals surface area contributed by atoms with Crippen molar-refractivity contribution in [2.24, 2.45) is 0 Å². The highest BCUT2D eigenvalue weighted by Crippen LogP contribution is 2.24. The molecular formula is C12H19N3O2. The molecule has 2 heterocycles. The summed E-state index contributed by atoms with van der Waals surface area (Å²) in [6, 6.07) is 3.90. The number of nitrogens with one attached hydrogen (secondary N) is 1. The van der Waals surface area contributed by atoms with Crippen molar-refractivity contribution in [3.8, 4) is 0 Å². The Kier molecular flexibility index (Phi) is 4.30. The normalized spacial score (nSPS) is 22.3. The highest BCUT2D eigenvalue weighted by Gasteiger charge is 2.27. The molecule has 0 aliphatic carbocycles. The van der Waals surface area contributed by atoms with Crippen molar-refractivity contribution in [1.29, 1.82) is 0 Å². The SMILES string of the molecule is CCNC(c1cccnc1N)C1COCCO1. The molecule has 2 unspecified atom stereocenters. The van der Waals surface area contributed by atoms with Gasteiger partial charge in [0.25, 0.3) is 0 Å². The molecule has 1 fully saturated rings. The van der Waals surface area contributed by atoms with E-state index in [1.807, 2.05) is 12.1 Å². The molecule has 0 bridgehead atoms. The van der Waals surface area contributed by atoms with Gasteiger partial charge < -0.3 is 20.5 Å². The summed E-state index contributed by atoms with van der Waals surface area (Å²) in [6.45, 7) is 4.79. The number of nitrogen functional groups attached to an aromatic ring is 1. The van der Waals surface area contributed by atoms with E-state index in [-0.39, 0.29) is 12.1 Å². The van der Waals surface area contributed by atoms with Crippen LogP contribution in [-0.4, -0.2) is 37.5 Å². The number of aromatic nitrogens is 1. The lowest BCUT2D eigenvalue weighted by Gasteiger charge is -2.31. The second kappa shape index (κ2) is 5.95. The minimum Gasteiger partial charge on any atom is -0.383 e. The largest absolute Gasteiger partial charge is 0.383 e. The number of hydrogen-bond donors (Lipinski definition) is 2. The van der Waals surface area contributed by atoms with Crippen LogP contribution in [0.2, 0.25) is 0 Å². The smallest absolute Gasteiger partial charge is 0.128 e. The van der Waals surface area contributed by atoms with Crippen LogP contribution in [-0.2, 0) is 9.47 Å². The molecule has 1 aromatic rings. The van der Waals surface area contributed by atoms with E-state index in [1.54, 1.807) is 6.20 Å². The summed E-state index contributed by atoms with van der Waals surface area (Å²) in [4.78, 5) is 4.12. The average molecular weight is 237 g/mol. The highest BCUT2D eigenvalue weighted by atomic mass is 16.6. The van der Waals surface area contributed by atoms with Crippen LogP contribution in [0.5, 0.6) is 0 Å². The number of rotatable bonds is 4. The van der Waals surface area contributed by atoms with Crippen molar-refractivity contribution in [1.82, 2.24) is 10.3 Å². The molecule has 5 heteroatoms. The Bertz CT molecular complexity index is 353. The first-order valence-corrected chi connectivity index (χ1v) is 5.96. The van der Waals surface area contributed by atoms with E-state index in [9.17, 15) is 0 Å². The zero-order chi connectivity index (χ0) is 12.1. The lowest BCUT2D eigenvalue weighted by molar-refractivity contribution is -0.102. The molecule has 0 aromatic carbocycles. The van der Waals surface area contributed by atoms with Crippen LogP contribution in [0.4, 0.5) is 5.82 Å². The number of ether oxygens (including phenoxy) is 2. The Labute approximate surface area is 101 Å². The molecule has 2 atom stereocenters. The number of nitrogens with two attached hydrogens (primary N) is 1. The first-order chi connectivity index (χ1) is 8.33. The average Bonchev–Trinajstić information content (AvgIpc) is 2.38. The highest BCUT2D eigenvalue weighted by molar-refractivity contribution is 5.41. The summed E-state index contributed by atoms with van der Waals surface area (Å²) in [6.07, 6.45) is 1.69. The second-order valence-electron chi connectivity index (χ2n) is 4.00. The molecule has 1 aliphatic heterocycles. The number of likely N-dealkylation sites (N-methyl/N-ethyl adjacent to an activating group) is 1. The molecule has 0 amide bonds. The van der Waals surface area contributed by atoms with E-state index in [1.165, 1.54) is 0 Å². The maximum Gasteiger partial charge on any atom is 0.128 e. The van der Waals surface area contributed by atoms with E-state index >= 15 is 0 Å². The molecule has 5 nitrogen and oxygen atoms in total. The topological polar surface area (TPSA) is 69.4 Å². The number of anilines is 1. The van der Waals surface area contributed by atoms with Crippen LogP contribution in [0.25, 0.3) is 0 Å². The lowest BCUT2D eigenvalue weighted by atomic mass is 10.0. The number of hydrogen-bond acceptors (Lipinski definition) is 5. The third-order valence-corrected chi connectivity index (χ3v) is 2.84. The van der Waals surface area contributed by atoms with Gasteiger partial charge in [0.15, 0.2) is 0 Å². The first-order valence-electron chi connectivity index (χ1n) is 5.96. The van der Waals surface area contributed by atoms with Gasteiger partial charge in [-0.2, -0.15) is 0 Å². The van der Waals surface area contributed by atoms with Crippen LogP contribution in [0.1, 0.15) is 18.5 Å². The fourth-order valence-electron chi connectivity index (χ4n) is 2.05. The Morgan fingerprint density at radius 3 is 3.12 bits per heavy atom. The van der Waals surface area contributed by atoms with Crippen LogP contribution in [0.3, 0.4) is 0 Å². The van der Waals surface area contributed by atoms with Gasteiger partial charge in [-0.1, -0.05) is 13.0 Å². The van der Waals surface area contributed by atoms with E-state index in [2.05, 4.69) is 17.2 Å². The fourth-order valence-corrected chi connectivity index (χ4v) is 2.05. The van der Waals surface area contributed by atoms with E-state index < -0.39 is 0 Å². The molecule has 0 radical (unpaired) electrons. The zero-order valence-corrected chi connectivity index (χ0v) is 10.1. The maximum atomic E-state index is 5.91. The Morgan fingerprint density at radius 2 is 2.47 bits per heavy atom. The van der Waals surface area contributed by atoms with Crippen molar-refractivity contribution in [3.05, 3.63) is 23.9 Å². The summed E-state index contributed by atoms with van der Waals surface area (Å²) in [5, 5.41) is 3.38. The van der Waals surface area contributed by atoms with E-state index in [0.29, 0.717) is 25.6 Å². The first kappa shape index (κ1) is 12.3. The van der Waals surface area contributed by atoms with Crippen molar-refractivity contribution >= 4 is 5.82 Å². The summed E-state index contributed by atoms with van der Waals surface area (Å²) in [5.74, 6) is 0.549. The van der Waals surface area contributed by atoms with Gasteiger partial charge in [0.1, 0.15) is 11.9 Å². The number of pyridine rings is 1. The molecule has 1 aliphatic rings. The van der Waals surface area contributed by atoms with Gasteiger partial charge in [0.05, 0.1) is 25.9 Å². The van der Waals surface area contributed by atoms with Gasteiger partial charge >= 0.3 is 0 Å². The van der Waals surface area contributed by atoms with Crippen molar-refractivity contribution in [2.45, 2.75) is 19.1 Å². The van der Waals surface area contributed by atoms with Gasteiger partial charge in [0.2, 0.25) is 0 Å². The second-order valence-corrected chi connectivity index (χ2v) is 4.00. The van der Waals surface area contributed by atoms with Gasteiger partial charge in [0, 0.05) is 11.8 Å². The van der Waals surface area contributed by atoms with E-state index in [0.717, 1.165) is 12.1 Å². The third-order valence-electron chi connectivity index (χ3n) is 2.84. The Hall–Kier alpha value is -1.17. The molecular weight excluding hydrogens is 218 g/mol. The van der Waals surface area contributed by atoms with Crippen LogP contribution in [0.15, 0.2) is 18.3 Å². The Morgan fingerprint density at radius 1 is 1.59 bits per heavy atom. The fraction of sp³-hybridized carbons (Fsp3) is 0.583. The van der Waals surface area contributed by atoms with Crippen molar-refractivity contribution in [3.63, 3.8) is 0 Å². The van der Waals surface area contributed by atoms with Gasteiger partial charge in [-0.25, -0.2) is 4.98 Å². The molecule has 0 spiro atoms. The summed E-state index contributed by atoms with van der Waals surface area (Å²) in [7, 11) is 0. The molecule has 2 rings (SSSR count). The number of nitrogens with zero attached hydrogens (tertiary/aromatic N) is 1. The van der Waals surface area contributed by atoms with Crippen molar-refractivity contribution < 1.29 is 9.47 Å².